The number of nitrogens with zero attached hydrogens (tertiary/aromatic N) is 7. The maximum atomic E-state index is 12.1. The molecular formula is C27H31N11O3S. The molecule has 2 amide bonds. The number of hydrazone groups is 1. The zero-order valence-electron chi connectivity index (χ0n) is 22.9. The van der Waals surface area contributed by atoms with Crippen molar-refractivity contribution in [2.24, 2.45) is 11.0 Å². The fraction of sp³-hybridized carbons (Fsp3) is 0.370. The fourth-order valence-corrected chi connectivity index (χ4v) is 5.40. The van der Waals surface area contributed by atoms with E-state index in [0.717, 1.165) is 41.4 Å². The molecule has 0 radical (unpaired) electrons. The van der Waals surface area contributed by atoms with E-state index in [9.17, 15) is 9.59 Å². The third kappa shape index (κ3) is 6.69. The molecular weight excluding hydrogens is 558 g/mol. The van der Waals surface area contributed by atoms with Crippen LogP contribution in [0.4, 0.5) is 23.3 Å². The number of benzene rings is 1. The first-order chi connectivity index (χ1) is 20.4. The molecule has 218 valence electrons. The standard InChI is InChI=1S/C27H31N11O3S/c1-16-12-22(35-34-16)31-21-13-23(37-8-10-38(11-9-37)26-28-14-18(15-29-26)25(40)36-41)33-27(32-21)42-20-6-4-19(5-7-20)30-24(39)17-2-3-17/h4-7,13-15,17,22,35,41H,2-3,8-12H2,1H3,(H,30,39)(H,36,40)(H,31,32,33). The Morgan fingerprint density at radius 1 is 1.02 bits per heavy atom. The molecule has 2 fully saturated rings. The van der Waals surface area contributed by atoms with Gasteiger partial charge in [-0.3, -0.25) is 20.2 Å². The predicted octanol–water partition coefficient (Wildman–Crippen LogP) is 2.32. The number of rotatable bonds is 9. The van der Waals surface area contributed by atoms with Gasteiger partial charge in [-0.15, -0.1) is 0 Å². The lowest BCUT2D eigenvalue weighted by Crippen LogP contribution is -2.47. The van der Waals surface area contributed by atoms with Crippen molar-refractivity contribution in [2.45, 2.75) is 42.4 Å². The van der Waals surface area contributed by atoms with Gasteiger partial charge < -0.3 is 20.4 Å². The van der Waals surface area contributed by atoms with Crippen LogP contribution in [0.25, 0.3) is 0 Å². The van der Waals surface area contributed by atoms with Gasteiger partial charge in [-0.1, -0.05) is 0 Å². The van der Waals surface area contributed by atoms with Crippen molar-refractivity contribution in [3.05, 3.63) is 48.3 Å². The largest absolute Gasteiger partial charge is 0.353 e. The Bertz CT molecular complexity index is 1470. The van der Waals surface area contributed by atoms with Crippen LogP contribution in [0.1, 0.15) is 36.5 Å². The smallest absolute Gasteiger partial charge is 0.277 e. The van der Waals surface area contributed by atoms with Gasteiger partial charge in [0.15, 0.2) is 5.16 Å². The zero-order valence-corrected chi connectivity index (χ0v) is 23.8. The molecule has 3 aliphatic rings. The average Bonchev–Trinajstić information content (AvgIpc) is 3.79. The second-order valence-electron chi connectivity index (χ2n) is 10.3. The Hall–Kier alpha value is -4.50. The van der Waals surface area contributed by atoms with Crippen molar-refractivity contribution in [2.75, 3.05) is 46.6 Å². The van der Waals surface area contributed by atoms with E-state index in [1.165, 1.54) is 24.2 Å². The van der Waals surface area contributed by atoms with Crippen molar-refractivity contribution in [3.63, 3.8) is 0 Å². The summed E-state index contributed by atoms with van der Waals surface area (Å²) in [7, 11) is 0. The lowest BCUT2D eigenvalue weighted by molar-refractivity contribution is -0.117. The van der Waals surface area contributed by atoms with Crippen molar-refractivity contribution in [1.82, 2.24) is 30.8 Å². The molecule has 0 bridgehead atoms. The normalized spacial score (nSPS) is 18.2. The highest BCUT2D eigenvalue weighted by molar-refractivity contribution is 7.99. The number of hydrogen-bond acceptors (Lipinski definition) is 13. The van der Waals surface area contributed by atoms with E-state index < -0.39 is 5.91 Å². The van der Waals surface area contributed by atoms with Crippen LogP contribution in [0, 0.1) is 5.92 Å². The summed E-state index contributed by atoms with van der Waals surface area (Å²) in [5.74, 6) is 1.60. The zero-order chi connectivity index (χ0) is 29.1. The number of hydrogen-bond donors (Lipinski definition) is 5. The Morgan fingerprint density at radius 2 is 1.74 bits per heavy atom. The number of anilines is 4. The molecule has 6 rings (SSSR count). The first-order valence-corrected chi connectivity index (χ1v) is 14.5. The van der Waals surface area contributed by atoms with E-state index in [4.69, 9.17) is 15.2 Å². The highest BCUT2D eigenvalue weighted by atomic mass is 32.2. The number of piperazine rings is 1. The van der Waals surface area contributed by atoms with Gasteiger partial charge in [-0.05, 0) is 55.8 Å². The van der Waals surface area contributed by atoms with Gasteiger partial charge in [-0.2, -0.15) is 5.10 Å². The molecule has 1 atom stereocenters. The van der Waals surface area contributed by atoms with Crippen molar-refractivity contribution < 1.29 is 14.8 Å². The van der Waals surface area contributed by atoms with Crippen molar-refractivity contribution >= 4 is 52.6 Å². The van der Waals surface area contributed by atoms with E-state index >= 15 is 0 Å². The summed E-state index contributed by atoms with van der Waals surface area (Å²) in [4.78, 5) is 47.1. The van der Waals surface area contributed by atoms with Crippen LogP contribution < -0.4 is 31.3 Å². The molecule has 3 aromatic rings. The molecule has 4 heterocycles. The summed E-state index contributed by atoms with van der Waals surface area (Å²) in [6, 6.07) is 9.67. The van der Waals surface area contributed by atoms with E-state index in [2.05, 4.69) is 36.0 Å². The molecule has 5 N–H and O–H groups in total. The first-order valence-electron chi connectivity index (χ1n) is 13.7. The van der Waals surface area contributed by atoms with Crippen molar-refractivity contribution in [3.8, 4) is 0 Å². The van der Waals surface area contributed by atoms with Gasteiger partial charge in [-0.25, -0.2) is 25.4 Å². The minimum atomic E-state index is -0.654. The third-order valence-corrected chi connectivity index (χ3v) is 7.97. The van der Waals surface area contributed by atoms with Gasteiger partial charge >= 0.3 is 0 Å². The Kier molecular flexibility index (Phi) is 8.01. The molecule has 14 nitrogen and oxygen atoms in total. The number of aromatic nitrogens is 4. The van der Waals surface area contributed by atoms with Crippen LogP contribution in [0.3, 0.4) is 0 Å². The SMILES string of the molecule is CC1=NNC(Nc2cc(N3CCN(c4ncc(C(=O)NO)cn4)CC3)nc(Sc3ccc(NC(=O)C4CC4)cc3)n2)C1. The maximum absolute atomic E-state index is 12.1. The van der Waals surface area contributed by atoms with E-state index in [0.29, 0.717) is 43.1 Å². The quantitative estimate of drug-likeness (QED) is 0.140. The molecule has 2 aromatic heterocycles. The Balaban J connectivity index is 1.15. The lowest BCUT2D eigenvalue weighted by atomic mass is 10.2. The maximum Gasteiger partial charge on any atom is 0.277 e. The van der Waals surface area contributed by atoms with Crippen LogP contribution in [-0.4, -0.2) is 75.0 Å². The topological polar surface area (TPSA) is 173 Å². The van der Waals surface area contributed by atoms with Crippen molar-refractivity contribution in [1.29, 1.82) is 0 Å². The third-order valence-electron chi connectivity index (χ3n) is 7.09. The molecule has 0 spiro atoms. The summed E-state index contributed by atoms with van der Waals surface area (Å²) in [6.45, 7) is 4.67. The molecule has 1 aliphatic carbocycles. The van der Waals surface area contributed by atoms with Crippen LogP contribution >= 0.6 is 11.8 Å². The lowest BCUT2D eigenvalue weighted by Gasteiger charge is -2.35. The number of amides is 2. The highest BCUT2D eigenvalue weighted by Crippen LogP contribution is 2.32. The Morgan fingerprint density at radius 3 is 2.38 bits per heavy atom. The summed E-state index contributed by atoms with van der Waals surface area (Å²) in [6.07, 6.45) is 5.43. The average molecular weight is 590 g/mol. The summed E-state index contributed by atoms with van der Waals surface area (Å²) in [5, 5.41) is 20.1. The van der Waals surface area contributed by atoms with Crippen LogP contribution in [-0.2, 0) is 4.79 Å². The first kappa shape index (κ1) is 27.7. The number of carbonyl (C=O) groups excluding carboxylic acids is 2. The Labute approximate surface area is 246 Å². The van der Waals surface area contributed by atoms with Crippen LogP contribution in [0.5, 0.6) is 0 Å². The fourth-order valence-electron chi connectivity index (χ4n) is 4.63. The molecule has 1 saturated heterocycles. The summed E-state index contributed by atoms with van der Waals surface area (Å²) < 4.78 is 0. The molecule has 1 aromatic carbocycles. The molecule has 15 heteroatoms. The number of nitrogens with one attached hydrogen (secondary N) is 4. The van der Waals surface area contributed by atoms with Gasteiger partial charge in [0.1, 0.15) is 17.8 Å². The summed E-state index contributed by atoms with van der Waals surface area (Å²) >= 11 is 1.46. The number of hydroxylamine groups is 1. The van der Waals surface area contributed by atoms with Gasteiger partial charge in [0.25, 0.3) is 5.91 Å². The summed E-state index contributed by atoms with van der Waals surface area (Å²) in [5.41, 5.74) is 6.67. The molecule has 1 unspecified atom stereocenters. The highest BCUT2D eigenvalue weighted by Gasteiger charge is 2.29. The molecule has 1 saturated carbocycles. The molecule has 2 aliphatic heterocycles. The monoisotopic (exact) mass is 589 g/mol. The number of carbonyl (C=O) groups is 2. The van der Waals surface area contributed by atoms with Gasteiger partial charge in [0.2, 0.25) is 11.9 Å². The molecule has 42 heavy (non-hydrogen) atoms. The van der Waals surface area contributed by atoms with E-state index in [1.807, 2.05) is 42.2 Å². The van der Waals surface area contributed by atoms with Crippen LogP contribution in [0.2, 0.25) is 0 Å². The van der Waals surface area contributed by atoms with E-state index in [1.54, 1.807) is 5.48 Å². The van der Waals surface area contributed by atoms with Gasteiger partial charge in [0.05, 0.1) is 5.56 Å². The second kappa shape index (κ2) is 12.2. The second-order valence-corrected chi connectivity index (χ2v) is 11.4. The van der Waals surface area contributed by atoms with Crippen LogP contribution in [0.15, 0.2) is 57.9 Å². The minimum absolute atomic E-state index is 0.0511. The minimum Gasteiger partial charge on any atom is -0.353 e. The van der Waals surface area contributed by atoms with E-state index in [-0.39, 0.29) is 23.6 Å². The predicted molar refractivity (Wildman–Crippen MR) is 158 cm³/mol. The van der Waals surface area contributed by atoms with Gasteiger partial charge in [0, 0.05) is 73.3 Å².